The molecule has 2 fully saturated rings. The lowest BCUT2D eigenvalue weighted by molar-refractivity contribution is -0.127. The maximum absolute atomic E-state index is 12.9. The molecule has 3 rings (SSSR count). The van der Waals surface area contributed by atoms with E-state index in [4.69, 9.17) is 11.6 Å². The van der Waals surface area contributed by atoms with Gasteiger partial charge >= 0.3 is 0 Å². The van der Waals surface area contributed by atoms with Gasteiger partial charge in [-0.2, -0.15) is 4.31 Å². The van der Waals surface area contributed by atoms with Crippen LogP contribution in [0.5, 0.6) is 0 Å². The van der Waals surface area contributed by atoms with Crippen LogP contribution in [-0.2, 0) is 14.8 Å². The van der Waals surface area contributed by atoms with Crippen LogP contribution in [-0.4, -0.2) is 49.8 Å². The van der Waals surface area contributed by atoms with E-state index in [0.29, 0.717) is 25.4 Å². The maximum Gasteiger partial charge on any atom is 0.244 e. The highest BCUT2D eigenvalue weighted by Gasteiger charge is 2.32. The first-order valence-electron chi connectivity index (χ1n) is 9.65. The summed E-state index contributed by atoms with van der Waals surface area (Å²) in [6.45, 7) is 4.82. The molecule has 1 aromatic rings. The number of sulfonamides is 1. The molecule has 2 aliphatic heterocycles. The lowest BCUT2D eigenvalue weighted by Crippen LogP contribution is -2.48. The predicted octanol–water partition coefficient (Wildman–Crippen LogP) is 2.89. The van der Waals surface area contributed by atoms with Gasteiger partial charge in [-0.3, -0.25) is 10.2 Å². The van der Waals surface area contributed by atoms with Crippen molar-refractivity contribution < 1.29 is 13.2 Å². The molecule has 0 aliphatic carbocycles. The molecule has 8 heteroatoms. The lowest BCUT2D eigenvalue weighted by atomic mass is 9.96. The average Bonchev–Trinajstić information content (AvgIpc) is 2.64. The quantitative estimate of drug-likeness (QED) is 0.805. The molecule has 1 amide bonds. The van der Waals surface area contributed by atoms with E-state index in [9.17, 15) is 13.2 Å². The normalized spacial score (nSPS) is 23.3. The van der Waals surface area contributed by atoms with Crippen molar-refractivity contribution in [1.29, 1.82) is 0 Å². The van der Waals surface area contributed by atoms with Crippen LogP contribution in [0.3, 0.4) is 0 Å². The fourth-order valence-corrected chi connectivity index (χ4v) is 5.86. The summed E-state index contributed by atoms with van der Waals surface area (Å²) in [6, 6.07) is 6.51. The number of benzene rings is 1. The summed E-state index contributed by atoms with van der Waals surface area (Å²) < 4.78 is 27.3. The van der Waals surface area contributed by atoms with Gasteiger partial charge in [-0.15, -0.1) is 0 Å². The van der Waals surface area contributed by atoms with E-state index in [2.05, 4.69) is 12.3 Å². The summed E-state index contributed by atoms with van der Waals surface area (Å²) in [7, 11) is -3.64. The van der Waals surface area contributed by atoms with Crippen molar-refractivity contribution in [2.24, 2.45) is 11.8 Å². The third kappa shape index (κ3) is 5.22. The second-order valence-electron chi connectivity index (χ2n) is 7.71. The van der Waals surface area contributed by atoms with Crippen LogP contribution < -0.4 is 5.43 Å². The van der Waals surface area contributed by atoms with Gasteiger partial charge < -0.3 is 0 Å². The Morgan fingerprint density at radius 1 is 1.19 bits per heavy atom. The zero-order valence-corrected chi connectivity index (χ0v) is 17.3. The smallest absolute Gasteiger partial charge is 0.244 e. The van der Waals surface area contributed by atoms with Gasteiger partial charge in [0, 0.05) is 32.6 Å². The zero-order chi connectivity index (χ0) is 19.4. The molecule has 6 nitrogen and oxygen atoms in total. The van der Waals surface area contributed by atoms with Gasteiger partial charge in [-0.05, 0) is 49.7 Å². The largest absolute Gasteiger partial charge is 0.289 e. The van der Waals surface area contributed by atoms with E-state index < -0.39 is 10.0 Å². The van der Waals surface area contributed by atoms with Crippen molar-refractivity contribution in [3.63, 3.8) is 0 Å². The van der Waals surface area contributed by atoms with E-state index in [1.807, 2.05) is 5.01 Å². The molecular weight excluding hydrogens is 386 g/mol. The Kier molecular flexibility index (Phi) is 6.78. The molecule has 1 aromatic carbocycles. The van der Waals surface area contributed by atoms with Crippen LogP contribution in [0.4, 0.5) is 0 Å². The minimum Gasteiger partial charge on any atom is -0.289 e. The van der Waals surface area contributed by atoms with Crippen molar-refractivity contribution >= 4 is 27.5 Å². The van der Waals surface area contributed by atoms with Crippen molar-refractivity contribution in [1.82, 2.24) is 14.7 Å². The number of hydrazine groups is 1. The van der Waals surface area contributed by atoms with Crippen molar-refractivity contribution in [3.8, 4) is 0 Å². The van der Waals surface area contributed by atoms with Crippen LogP contribution in [0, 0.1) is 11.8 Å². The standard InChI is InChI=1S/C19H28ClN3O3S/c1-15-8-11-22(12-9-15)21-19(24)13-16-5-4-10-23(14-16)27(25,26)18-7-3-2-6-17(18)20/h2-3,6-7,15-16H,4-5,8-14H2,1H3,(H,21,24). The molecule has 2 aliphatic rings. The van der Waals surface area contributed by atoms with Gasteiger partial charge in [0.05, 0.1) is 5.02 Å². The van der Waals surface area contributed by atoms with Crippen LogP contribution in [0.25, 0.3) is 0 Å². The molecule has 0 radical (unpaired) electrons. The van der Waals surface area contributed by atoms with E-state index in [0.717, 1.165) is 38.8 Å². The minimum absolute atomic E-state index is 0.0217. The van der Waals surface area contributed by atoms with Gasteiger partial charge in [0.2, 0.25) is 15.9 Å². The molecule has 0 saturated carbocycles. The molecule has 150 valence electrons. The first-order valence-corrected chi connectivity index (χ1v) is 11.5. The van der Waals surface area contributed by atoms with Crippen LogP contribution in [0.2, 0.25) is 5.02 Å². The Morgan fingerprint density at radius 2 is 1.89 bits per heavy atom. The van der Waals surface area contributed by atoms with Gasteiger partial charge in [0.15, 0.2) is 0 Å². The number of carbonyl (C=O) groups excluding carboxylic acids is 1. The third-order valence-electron chi connectivity index (χ3n) is 5.48. The van der Waals surface area contributed by atoms with Crippen LogP contribution in [0.1, 0.15) is 39.0 Å². The van der Waals surface area contributed by atoms with E-state index in [1.54, 1.807) is 18.2 Å². The number of hydrogen-bond acceptors (Lipinski definition) is 4. The second kappa shape index (κ2) is 8.90. The molecule has 1 N–H and O–H groups in total. The number of hydrogen-bond donors (Lipinski definition) is 1. The molecule has 1 atom stereocenters. The summed E-state index contributed by atoms with van der Waals surface area (Å²) in [4.78, 5) is 12.5. The first kappa shape index (κ1) is 20.6. The lowest BCUT2D eigenvalue weighted by Gasteiger charge is -2.33. The molecule has 2 saturated heterocycles. The average molecular weight is 414 g/mol. The Labute approximate surface area is 166 Å². The van der Waals surface area contributed by atoms with Gasteiger partial charge in [-0.1, -0.05) is 30.7 Å². The highest BCUT2D eigenvalue weighted by atomic mass is 35.5. The Bertz CT molecular complexity index is 763. The SMILES string of the molecule is CC1CCN(NC(=O)CC2CCCN(S(=O)(=O)c3ccccc3Cl)C2)CC1. The molecule has 0 bridgehead atoms. The van der Waals surface area contributed by atoms with Crippen LogP contribution >= 0.6 is 11.6 Å². The molecule has 0 aromatic heterocycles. The predicted molar refractivity (Wildman–Crippen MR) is 106 cm³/mol. The number of piperidine rings is 2. The zero-order valence-electron chi connectivity index (χ0n) is 15.7. The Balaban J connectivity index is 1.57. The topological polar surface area (TPSA) is 69.7 Å². The second-order valence-corrected chi connectivity index (χ2v) is 10.0. The third-order valence-corrected chi connectivity index (χ3v) is 7.84. The van der Waals surface area contributed by atoms with Gasteiger partial charge in [0.25, 0.3) is 0 Å². The maximum atomic E-state index is 12.9. The summed E-state index contributed by atoms with van der Waals surface area (Å²) in [5.41, 5.74) is 2.99. The van der Waals surface area contributed by atoms with E-state index in [-0.39, 0.29) is 21.7 Å². The monoisotopic (exact) mass is 413 g/mol. The Morgan fingerprint density at radius 3 is 2.59 bits per heavy atom. The van der Waals surface area contributed by atoms with Crippen molar-refractivity contribution in [2.45, 2.75) is 43.9 Å². The summed E-state index contributed by atoms with van der Waals surface area (Å²) in [5.74, 6) is 0.714. The molecule has 1 unspecified atom stereocenters. The van der Waals surface area contributed by atoms with Crippen LogP contribution in [0.15, 0.2) is 29.2 Å². The van der Waals surface area contributed by atoms with E-state index in [1.165, 1.54) is 10.4 Å². The Hall–Kier alpha value is -1.15. The van der Waals surface area contributed by atoms with E-state index >= 15 is 0 Å². The van der Waals surface area contributed by atoms with Crippen molar-refractivity contribution in [3.05, 3.63) is 29.3 Å². The number of carbonyl (C=O) groups is 1. The number of nitrogens with zero attached hydrogens (tertiary/aromatic N) is 2. The highest BCUT2D eigenvalue weighted by molar-refractivity contribution is 7.89. The molecule has 0 spiro atoms. The molecular formula is C19H28ClN3O3S. The summed E-state index contributed by atoms with van der Waals surface area (Å²) >= 11 is 6.09. The number of amides is 1. The fourth-order valence-electron chi connectivity index (χ4n) is 3.81. The fraction of sp³-hybridized carbons (Fsp3) is 0.632. The number of halogens is 1. The first-order chi connectivity index (χ1) is 12.9. The summed E-state index contributed by atoms with van der Waals surface area (Å²) in [6.07, 6.45) is 4.14. The highest BCUT2D eigenvalue weighted by Crippen LogP contribution is 2.29. The van der Waals surface area contributed by atoms with Gasteiger partial charge in [0.1, 0.15) is 4.90 Å². The molecule has 27 heavy (non-hydrogen) atoms. The number of rotatable bonds is 5. The van der Waals surface area contributed by atoms with Gasteiger partial charge in [-0.25, -0.2) is 13.4 Å². The number of nitrogens with one attached hydrogen (secondary N) is 1. The minimum atomic E-state index is -3.64. The summed E-state index contributed by atoms with van der Waals surface area (Å²) in [5, 5.41) is 2.22. The van der Waals surface area contributed by atoms with Crippen molar-refractivity contribution in [2.75, 3.05) is 26.2 Å². The molecule has 2 heterocycles.